The Balaban J connectivity index is 3.13. The minimum Gasteiger partial charge on any atom is -0.493 e. The zero-order valence-corrected chi connectivity index (χ0v) is 11.1. The lowest BCUT2D eigenvalue weighted by atomic mass is 10.1. The molecule has 1 aromatic rings. The number of ether oxygens (including phenoxy) is 2. The van der Waals surface area contributed by atoms with Crippen LogP contribution in [0, 0.1) is 0 Å². The molecule has 0 aliphatic carbocycles. The molecule has 0 spiro atoms. The number of carbonyl (C=O) groups excluding carboxylic acids is 1. The molecular weight excluding hydrogens is 234 g/mol. The molecule has 1 rings (SSSR count). The number of amides is 1. The van der Waals surface area contributed by atoms with Gasteiger partial charge >= 0.3 is 0 Å². The molecule has 0 aromatic heterocycles. The minimum absolute atomic E-state index is 0.0888. The van der Waals surface area contributed by atoms with E-state index in [1.54, 1.807) is 32.2 Å². The number of nitrogens with zero attached hydrogens (tertiary/aromatic N) is 1. The van der Waals surface area contributed by atoms with Crippen LogP contribution in [0.1, 0.15) is 17.3 Å². The molecule has 0 heterocycles. The topological polar surface area (TPSA) is 59.0 Å². The molecule has 0 radical (unpaired) electrons. The maximum atomic E-state index is 12.3. The van der Waals surface area contributed by atoms with Crippen molar-refractivity contribution in [2.75, 3.05) is 27.9 Å². The van der Waals surface area contributed by atoms with Crippen LogP contribution in [0.4, 0.5) is 0 Å². The van der Waals surface area contributed by atoms with Gasteiger partial charge in [0.25, 0.3) is 5.91 Å². The lowest BCUT2D eigenvalue weighted by Gasteiger charge is -2.24. The molecule has 1 N–H and O–H groups in total. The Bertz CT molecular complexity index is 419. The first-order chi connectivity index (χ1) is 8.56. The van der Waals surface area contributed by atoms with Gasteiger partial charge in [-0.2, -0.15) is 0 Å². The SMILES string of the molecule is COc1cccc(C(=O)N(C)C(C)CO)c1OC. The first kappa shape index (κ1) is 14.3. The second kappa shape index (κ2) is 6.26. The van der Waals surface area contributed by atoms with Crippen molar-refractivity contribution < 1.29 is 19.4 Å². The van der Waals surface area contributed by atoms with E-state index >= 15 is 0 Å². The summed E-state index contributed by atoms with van der Waals surface area (Å²) in [6.45, 7) is 1.68. The zero-order chi connectivity index (χ0) is 13.7. The highest BCUT2D eigenvalue weighted by molar-refractivity contribution is 5.97. The molecule has 0 bridgehead atoms. The summed E-state index contributed by atoms with van der Waals surface area (Å²) in [6, 6.07) is 4.87. The smallest absolute Gasteiger partial charge is 0.257 e. The lowest BCUT2D eigenvalue weighted by molar-refractivity contribution is 0.0678. The first-order valence-corrected chi connectivity index (χ1v) is 5.65. The van der Waals surface area contributed by atoms with Gasteiger partial charge in [-0.15, -0.1) is 0 Å². The van der Waals surface area contributed by atoms with E-state index in [0.29, 0.717) is 17.1 Å². The number of aliphatic hydroxyl groups is 1. The molecule has 1 atom stereocenters. The maximum Gasteiger partial charge on any atom is 0.257 e. The van der Waals surface area contributed by atoms with Crippen LogP contribution in [0.15, 0.2) is 18.2 Å². The van der Waals surface area contributed by atoms with Gasteiger partial charge in [-0.25, -0.2) is 0 Å². The first-order valence-electron chi connectivity index (χ1n) is 5.65. The minimum atomic E-state index is -0.256. The molecule has 0 saturated carbocycles. The molecular formula is C13H19NO4. The van der Waals surface area contributed by atoms with Crippen molar-refractivity contribution in [3.8, 4) is 11.5 Å². The second-order valence-corrected chi connectivity index (χ2v) is 3.99. The second-order valence-electron chi connectivity index (χ2n) is 3.99. The summed E-state index contributed by atoms with van der Waals surface area (Å²) in [6.07, 6.45) is 0. The normalized spacial score (nSPS) is 11.8. The van der Waals surface area contributed by atoms with Gasteiger partial charge < -0.3 is 19.5 Å². The van der Waals surface area contributed by atoms with Gasteiger partial charge in [0.1, 0.15) is 0 Å². The Kier molecular flexibility index (Phi) is 4.97. The van der Waals surface area contributed by atoms with Gasteiger partial charge in [0, 0.05) is 7.05 Å². The van der Waals surface area contributed by atoms with Gasteiger partial charge in [-0.1, -0.05) is 6.07 Å². The molecule has 18 heavy (non-hydrogen) atoms. The summed E-state index contributed by atoms with van der Waals surface area (Å²) in [5.41, 5.74) is 0.416. The Morgan fingerprint density at radius 3 is 2.56 bits per heavy atom. The highest BCUT2D eigenvalue weighted by Gasteiger charge is 2.22. The number of likely N-dealkylation sites (N-methyl/N-ethyl adjacent to an activating group) is 1. The van der Waals surface area contributed by atoms with Crippen LogP contribution in [-0.2, 0) is 0 Å². The largest absolute Gasteiger partial charge is 0.493 e. The van der Waals surface area contributed by atoms with Crippen molar-refractivity contribution in [2.45, 2.75) is 13.0 Å². The van der Waals surface area contributed by atoms with Gasteiger partial charge in [-0.3, -0.25) is 4.79 Å². The van der Waals surface area contributed by atoms with E-state index in [-0.39, 0.29) is 18.6 Å². The number of benzene rings is 1. The van der Waals surface area contributed by atoms with Crippen LogP contribution >= 0.6 is 0 Å². The number of methoxy groups -OCH3 is 2. The molecule has 0 aliphatic rings. The van der Waals surface area contributed by atoms with E-state index in [1.807, 2.05) is 0 Å². The van der Waals surface area contributed by atoms with Crippen molar-refractivity contribution in [1.29, 1.82) is 0 Å². The Labute approximate surface area is 107 Å². The van der Waals surface area contributed by atoms with E-state index < -0.39 is 0 Å². The van der Waals surface area contributed by atoms with Crippen LogP contribution in [0.5, 0.6) is 11.5 Å². The summed E-state index contributed by atoms with van der Waals surface area (Å²) in [7, 11) is 4.65. The van der Waals surface area contributed by atoms with Crippen LogP contribution in [-0.4, -0.2) is 49.8 Å². The molecule has 5 heteroatoms. The number of para-hydroxylation sites is 1. The van der Waals surface area contributed by atoms with E-state index in [2.05, 4.69) is 0 Å². The van der Waals surface area contributed by atoms with Crippen LogP contribution in [0.2, 0.25) is 0 Å². The molecule has 0 fully saturated rings. The monoisotopic (exact) mass is 253 g/mol. The van der Waals surface area contributed by atoms with Gasteiger partial charge in [-0.05, 0) is 19.1 Å². The summed E-state index contributed by atoms with van der Waals surface area (Å²) in [4.78, 5) is 13.7. The molecule has 0 aliphatic heterocycles. The van der Waals surface area contributed by atoms with Crippen molar-refractivity contribution >= 4 is 5.91 Å². The highest BCUT2D eigenvalue weighted by atomic mass is 16.5. The molecule has 0 saturated heterocycles. The fraction of sp³-hybridized carbons (Fsp3) is 0.462. The predicted molar refractivity (Wildman–Crippen MR) is 68.2 cm³/mol. The van der Waals surface area contributed by atoms with E-state index in [4.69, 9.17) is 14.6 Å². The summed E-state index contributed by atoms with van der Waals surface area (Å²) in [5, 5.41) is 9.08. The average molecular weight is 253 g/mol. The fourth-order valence-corrected chi connectivity index (χ4v) is 1.57. The predicted octanol–water partition coefficient (Wildman–Crippen LogP) is 1.16. The number of hydrogen-bond donors (Lipinski definition) is 1. The van der Waals surface area contributed by atoms with Gasteiger partial charge in [0.05, 0.1) is 32.4 Å². The third kappa shape index (κ3) is 2.73. The van der Waals surface area contributed by atoms with Crippen molar-refractivity contribution in [3.63, 3.8) is 0 Å². The Hall–Kier alpha value is -1.75. The molecule has 1 unspecified atom stereocenters. The summed E-state index contributed by atoms with van der Waals surface area (Å²) < 4.78 is 10.4. The Morgan fingerprint density at radius 2 is 2.06 bits per heavy atom. The zero-order valence-electron chi connectivity index (χ0n) is 11.1. The lowest BCUT2D eigenvalue weighted by Crippen LogP contribution is -2.37. The quantitative estimate of drug-likeness (QED) is 0.855. The third-order valence-electron chi connectivity index (χ3n) is 2.88. The molecule has 1 aromatic carbocycles. The summed E-state index contributed by atoms with van der Waals surface area (Å²) >= 11 is 0. The van der Waals surface area contributed by atoms with Crippen molar-refractivity contribution in [3.05, 3.63) is 23.8 Å². The number of aliphatic hydroxyl groups excluding tert-OH is 1. The third-order valence-corrected chi connectivity index (χ3v) is 2.88. The van der Waals surface area contributed by atoms with E-state index in [0.717, 1.165) is 0 Å². The van der Waals surface area contributed by atoms with E-state index in [1.165, 1.54) is 19.1 Å². The average Bonchev–Trinajstić information content (AvgIpc) is 2.43. The van der Waals surface area contributed by atoms with Gasteiger partial charge in [0.2, 0.25) is 0 Å². The number of rotatable bonds is 5. The Morgan fingerprint density at radius 1 is 1.39 bits per heavy atom. The summed E-state index contributed by atoms with van der Waals surface area (Å²) in [5.74, 6) is 0.697. The maximum absolute atomic E-state index is 12.3. The standard InChI is InChI=1S/C13H19NO4/c1-9(8-15)14(2)13(16)10-6-5-7-11(17-3)12(10)18-4/h5-7,9,15H,8H2,1-4H3. The van der Waals surface area contributed by atoms with E-state index in [9.17, 15) is 4.79 Å². The van der Waals surface area contributed by atoms with Gasteiger partial charge in [0.15, 0.2) is 11.5 Å². The van der Waals surface area contributed by atoms with Crippen LogP contribution in [0.3, 0.4) is 0 Å². The fourth-order valence-electron chi connectivity index (χ4n) is 1.57. The number of carbonyl (C=O) groups is 1. The van der Waals surface area contributed by atoms with Crippen LogP contribution in [0.25, 0.3) is 0 Å². The van der Waals surface area contributed by atoms with Crippen molar-refractivity contribution in [2.24, 2.45) is 0 Å². The molecule has 1 amide bonds. The molecule has 5 nitrogen and oxygen atoms in total. The van der Waals surface area contributed by atoms with Crippen LogP contribution < -0.4 is 9.47 Å². The highest BCUT2D eigenvalue weighted by Crippen LogP contribution is 2.31. The van der Waals surface area contributed by atoms with Crippen molar-refractivity contribution in [1.82, 2.24) is 4.90 Å². The molecule has 100 valence electrons. The number of hydrogen-bond acceptors (Lipinski definition) is 4.